The van der Waals surface area contributed by atoms with Crippen molar-refractivity contribution in [1.29, 1.82) is 0 Å². The molecule has 1 unspecified atom stereocenters. The third-order valence-corrected chi connectivity index (χ3v) is 4.48. The Morgan fingerprint density at radius 2 is 2.00 bits per heavy atom. The molecule has 4 heteroatoms. The Labute approximate surface area is 131 Å². The zero-order chi connectivity index (χ0) is 15.5. The summed E-state index contributed by atoms with van der Waals surface area (Å²) in [6.07, 6.45) is 1.09. The molecule has 1 atom stereocenters. The number of likely N-dealkylation sites (tertiary alicyclic amines) is 1. The van der Waals surface area contributed by atoms with Crippen LogP contribution in [0.3, 0.4) is 0 Å². The predicted octanol–water partition coefficient (Wildman–Crippen LogP) is 2.37. The summed E-state index contributed by atoms with van der Waals surface area (Å²) in [7, 11) is 3.94. The highest BCUT2D eigenvalue weighted by atomic mass is 16.2. The third kappa shape index (κ3) is 2.79. The second-order valence-electron chi connectivity index (χ2n) is 5.99. The minimum absolute atomic E-state index is 0.142. The number of carbonyl (C=O) groups excluding carboxylic acids is 1. The van der Waals surface area contributed by atoms with Gasteiger partial charge in [0.05, 0.1) is 0 Å². The van der Waals surface area contributed by atoms with Crippen LogP contribution >= 0.6 is 0 Å². The van der Waals surface area contributed by atoms with Crippen molar-refractivity contribution in [2.45, 2.75) is 6.42 Å². The maximum Gasteiger partial charge on any atom is 0.270 e. The van der Waals surface area contributed by atoms with Crippen LogP contribution in [-0.4, -0.2) is 42.1 Å². The van der Waals surface area contributed by atoms with E-state index in [1.807, 2.05) is 53.9 Å². The molecule has 116 valence electrons. The lowest BCUT2D eigenvalue weighted by Crippen LogP contribution is -2.31. The van der Waals surface area contributed by atoms with Crippen molar-refractivity contribution < 1.29 is 4.79 Å². The Balaban J connectivity index is 1.79. The summed E-state index contributed by atoms with van der Waals surface area (Å²) in [6.45, 7) is 2.69. The summed E-state index contributed by atoms with van der Waals surface area (Å²) < 4.78 is 2.00. The molecular weight excluding hydrogens is 274 g/mol. The number of nitrogens with zero attached hydrogens (tertiary/aromatic N) is 2. The van der Waals surface area contributed by atoms with Crippen LogP contribution < -0.4 is 5.32 Å². The Bertz CT molecular complexity index is 648. The molecule has 3 rings (SSSR count). The van der Waals surface area contributed by atoms with Crippen LogP contribution in [-0.2, 0) is 7.05 Å². The van der Waals surface area contributed by atoms with Crippen molar-refractivity contribution in [1.82, 2.24) is 14.8 Å². The van der Waals surface area contributed by atoms with Gasteiger partial charge >= 0.3 is 0 Å². The molecule has 2 aromatic rings. The molecule has 1 aromatic carbocycles. The van der Waals surface area contributed by atoms with Crippen molar-refractivity contribution in [2.75, 3.05) is 26.7 Å². The smallest absolute Gasteiger partial charge is 0.270 e. The number of rotatable bonds is 4. The van der Waals surface area contributed by atoms with Crippen LogP contribution in [0.25, 0.3) is 11.3 Å². The van der Waals surface area contributed by atoms with Crippen molar-refractivity contribution in [3.05, 3.63) is 48.2 Å². The van der Waals surface area contributed by atoms with Gasteiger partial charge in [0, 0.05) is 25.8 Å². The number of nitrogens with one attached hydrogen (secondary N) is 1. The zero-order valence-electron chi connectivity index (χ0n) is 13.2. The van der Waals surface area contributed by atoms with Crippen molar-refractivity contribution in [2.24, 2.45) is 13.0 Å². The molecule has 1 saturated heterocycles. The Hall–Kier alpha value is -2.07. The monoisotopic (exact) mass is 297 g/mol. The molecule has 0 spiro atoms. The van der Waals surface area contributed by atoms with E-state index in [9.17, 15) is 4.79 Å². The maximum atomic E-state index is 12.7. The first-order valence-corrected chi connectivity index (χ1v) is 7.85. The summed E-state index contributed by atoms with van der Waals surface area (Å²) in [5.41, 5.74) is 2.98. The lowest BCUT2D eigenvalue weighted by molar-refractivity contribution is 0.0778. The van der Waals surface area contributed by atoms with E-state index in [-0.39, 0.29) is 5.91 Å². The van der Waals surface area contributed by atoms with E-state index >= 15 is 0 Å². The van der Waals surface area contributed by atoms with E-state index in [2.05, 4.69) is 17.4 Å². The Morgan fingerprint density at radius 3 is 2.73 bits per heavy atom. The molecule has 22 heavy (non-hydrogen) atoms. The first-order chi connectivity index (χ1) is 10.7. The van der Waals surface area contributed by atoms with E-state index in [0.717, 1.165) is 43.0 Å². The fraction of sp³-hybridized carbons (Fsp3) is 0.389. The number of hydrogen-bond acceptors (Lipinski definition) is 2. The van der Waals surface area contributed by atoms with Crippen LogP contribution in [0.1, 0.15) is 16.9 Å². The number of amides is 1. The molecule has 4 nitrogen and oxygen atoms in total. The summed E-state index contributed by atoms with van der Waals surface area (Å²) in [5, 5.41) is 3.20. The Morgan fingerprint density at radius 1 is 1.23 bits per heavy atom. The molecule has 0 radical (unpaired) electrons. The maximum absolute atomic E-state index is 12.7. The molecule has 1 N–H and O–H groups in total. The molecule has 0 saturated carbocycles. The predicted molar refractivity (Wildman–Crippen MR) is 88.8 cm³/mol. The molecule has 0 aliphatic carbocycles. The van der Waals surface area contributed by atoms with Crippen molar-refractivity contribution >= 4 is 5.91 Å². The summed E-state index contributed by atoms with van der Waals surface area (Å²) >= 11 is 0. The lowest BCUT2D eigenvalue weighted by Gasteiger charge is -2.17. The average Bonchev–Trinajstić information content (AvgIpc) is 3.15. The number of benzene rings is 1. The quantitative estimate of drug-likeness (QED) is 0.941. The van der Waals surface area contributed by atoms with Crippen LogP contribution in [0, 0.1) is 5.92 Å². The van der Waals surface area contributed by atoms with Gasteiger partial charge in [-0.1, -0.05) is 30.3 Å². The van der Waals surface area contributed by atoms with Gasteiger partial charge in [-0.15, -0.1) is 0 Å². The molecule has 1 fully saturated rings. The normalized spacial score (nSPS) is 17.9. The van der Waals surface area contributed by atoms with Crippen LogP contribution in [0.2, 0.25) is 0 Å². The van der Waals surface area contributed by atoms with E-state index in [0.29, 0.717) is 5.92 Å². The second kappa shape index (κ2) is 6.36. The van der Waals surface area contributed by atoms with Gasteiger partial charge in [-0.25, -0.2) is 0 Å². The van der Waals surface area contributed by atoms with Gasteiger partial charge in [0.1, 0.15) is 5.69 Å². The molecular formula is C18H23N3O. The first kappa shape index (κ1) is 14.9. The minimum Gasteiger partial charge on any atom is -0.340 e. The summed E-state index contributed by atoms with van der Waals surface area (Å²) in [4.78, 5) is 14.7. The van der Waals surface area contributed by atoms with Crippen LogP contribution in [0.15, 0.2) is 42.5 Å². The van der Waals surface area contributed by atoms with Gasteiger partial charge < -0.3 is 14.8 Å². The summed E-state index contributed by atoms with van der Waals surface area (Å²) in [5.74, 6) is 0.714. The van der Waals surface area contributed by atoms with Gasteiger partial charge in [0.2, 0.25) is 0 Å². The number of carbonyl (C=O) groups is 1. The van der Waals surface area contributed by atoms with E-state index in [1.54, 1.807) is 0 Å². The fourth-order valence-corrected chi connectivity index (χ4v) is 3.26. The zero-order valence-corrected chi connectivity index (χ0v) is 13.2. The second-order valence-corrected chi connectivity index (χ2v) is 5.99. The SMILES string of the molecule is CNCC1CCN(C(=O)c2ccc(-c3ccccc3)n2C)C1. The highest BCUT2D eigenvalue weighted by Gasteiger charge is 2.28. The molecule has 0 bridgehead atoms. The van der Waals surface area contributed by atoms with E-state index < -0.39 is 0 Å². The van der Waals surface area contributed by atoms with Gasteiger partial charge in [-0.3, -0.25) is 4.79 Å². The van der Waals surface area contributed by atoms with Crippen LogP contribution in [0.4, 0.5) is 0 Å². The largest absolute Gasteiger partial charge is 0.340 e. The number of aromatic nitrogens is 1. The van der Waals surface area contributed by atoms with E-state index in [4.69, 9.17) is 0 Å². The molecule has 2 heterocycles. The van der Waals surface area contributed by atoms with Gasteiger partial charge in [-0.2, -0.15) is 0 Å². The molecule has 1 amide bonds. The molecule has 1 aromatic heterocycles. The van der Waals surface area contributed by atoms with Gasteiger partial charge in [0.15, 0.2) is 0 Å². The topological polar surface area (TPSA) is 37.3 Å². The average molecular weight is 297 g/mol. The minimum atomic E-state index is 0.142. The fourth-order valence-electron chi connectivity index (χ4n) is 3.26. The first-order valence-electron chi connectivity index (χ1n) is 7.85. The number of hydrogen-bond donors (Lipinski definition) is 1. The highest BCUT2D eigenvalue weighted by molar-refractivity contribution is 5.94. The van der Waals surface area contributed by atoms with Gasteiger partial charge in [0.25, 0.3) is 5.91 Å². The van der Waals surface area contributed by atoms with E-state index in [1.165, 1.54) is 0 Å². The molecule has 1 aliphatic heterocycles. The van der Waals surface area contributed by atoms with Crippen molar-refractivity contribution in [3.63, 3.8) is 0 Å². The lowest BCUT2D eigenvalue weighted by atomic mass is 10.1. The van der Waals surface area contributed by atoms with Crippen molar-refractivity contribution in [3.8, 4) is 11.3 Å². The van der Waals surface area contributed by atoms with Gasteiger partial charge in [-0.05, 0) is 43.6 Å². The standard InChI is InChI=1S/C18H23N3O/c1-19-12-14-10-11-21(13-14)18(22)17-9-8-16(20(17)2)15-6-4-3-5-7-15/h3-9,14,19H,10-13H2,1-2H3. The Kier molecular flexibility index (Phi) is 4.29. The van der Waals surface area contributed by atoms with Crippen LogP contribution in [0.5, 0.6) is 0 Å². The third-order valence-electron chi connectivity index (χ3n) is 4.48. The molecule has 1 aliphatic rings. The highest BCUT2D eigenvalue weighted by Crippen LogP contribution is 2.24. The summed E-state index contributed by atoms with van der Waals surface area (Å²) in [6, 6.07) is 14.2.